The molecule has 32 heavy (non-hydrogen) atoms. The molecule has 1 fully saturated rings. The molecule has 2 aliphatic heterocycles. The first kappa shape index (κ1) is 22.6. The van der Waals surface area contributed by atoms with Gasteiger partial charge in [-0.05, 0) is 48.9 Å². The van der Waals surface area contributed by atoms with Crippen molar-refractivity contribution in [1.82, 2.24) is 15.1 Å². The number of nitrogens with zero attached hydrogens (tertiary/aromatic N) is 3. The van der Waals surface area contributed by atoms with E-state index < -0.39 is 17.6 Å². The molecule has 2 aromatic carbocycles. The summed E-state index contributed by atoms with van der Waals surface area (Å²) in [6.07, 6.45) is -3.48. The summed E-state index contributed by atoms with van der Waals surface area (Å²) in [5.74, 6) is -0.490. The molecule has 4 rings (SSSR count). The zero-order valence-electron chi connectivity index (χ0n) is 18.5. The molecule has 0 aliphatic carbocycles. The molecule has 1 atom stereocenters. The van der Waals surface area contributed by atoms with Crippen LogP contribution in [0.4, 0.5) is 18.9 Å². The Kier molecular flexibility index (Phi) is 6.44. The first-order valence-electron chi connectivity index (χ1n) is 10.9. The molecule has 0 aromatic heterocycles. The molecule has 2 aliphatic rings. The summed E-state index contributed by atoms with van der Waals surface area (Å²) in [5.41, 5.74) is 2.87. The van der Waals surface area contributed by atoms with Crippen molar-refractivity contribution in [2.24, 2.45) is 0 Å². The molecule has 0 saturated carbocycles. The molecule has 0 spiro atoms. The number of alkyl halides is 3. The average molecular weight is 447 g/mol. The number of carbonyl (C=O) groups excluding carboxylic acids is 1. The fourth-order valence-corrected chi connectivity index (χ4v) is 4.51. The molecule has 1 amide bonds. The highest BCUT2D eigenvalue weighted by molar-refractivity contribution is 5.94. The highest BCUT2D eigenvalue weighted by Gasteiger charge is 2.31. The first-order valence-corrected chi connectivity index (χ1v) is 10.9. The van der Waals surface area contributed by atoms with Crippen LogP contribution in [-0.4, -0.2) is 69.1 Å². The van der Waals surface area contributed by atoms with Crippen LogP contribution in [0.25, 0.3) is 0 Å². The lowest BCUT2D eigenvalue weighted by atomic mass is 10.00. The third kappa shape index (κ3) is 4.91. The molecule has 1 unspecified atom stereocenters. The van der Waals surface area contributed by atoms with Gasteiger partial charge in [-0.1, -0.05) is 18.2 Å². The molecule has 1 saturated heterocycles. The lowest BCUT2D eigenvalue weighted by molar-refractivity contribution is -0.137. The van der Waals surface area contributed by atoms with Crippen molar-refractivity contribution in [3.8, 4) is 0 Å². The molecule has 172 valence electrons. The van der Waals surface area contributed by atoms with E-state index in [4.69, 9.17) is 0 Å². The van der Waals surface area contributed by atoms with Gasteiger partial charge in [-0.25, -0.2) is 0 Å². The third-order valence-corrected chi connectivity index (χ3v) is 6.50. The summed E-state index contributed by atoms with van der Waals surface area (Å²) < 4.78 is 39.1. The summed E-state index contributed by atoms with van der Waals surface area (Å²) in [4.78, 5) is 19.6. The normalized spacial score (nSPS) is 18.5. The Morgan fingerprint density at radius 3 is 2.50 bits per heavy atom. The number of hydrogen-bond acceptors (Lipinski definition) is 4. The van der Waals surface area contributed by atoms with Gasteiger partial charge in [-0.2, -0.15) is 13.2 Å². The van der Waals surface area contributed by atoms with Crippen LogP contribution in [0, 0.1) is 0 Å². The smallest absolute Gasteiger partial charge is 0.374 e. The minimum atomic E-state index is -4.48. The van der Waals surface area contributed by atoms with Gasteiger partial charge in [-0.15, -0.1) is 0 Å². The van der Waals surface area contributed by atoms with E-state index in [-0.39, 0.29) is 11.6 Å². The fourth-order valence-electron chi connectivity index (χ4n) is 4.51. The van der Waals surface area contributed by atoms with Crippen LogP contribution in [-0.2, 0) is 12.6 Å². The number of likely N-dealkylation sites (N-methyl/N-ethyl adjacent to an activating group) is 2. The zero-order valence-corrected chi connectivity index (χ0v) is 18.5. The van der Waals surface area contributed by atoms with Crippen molar-refractivity contribution in [3.63, 3.8) is 0 Å². The number of halogens is 3. The number of amides is 1. The van der Waals surface area contributed by atoms with Gasteiger partial charge in [0.15, 0.2) is 0 Å². The van der Waals surface area contributed by atoms with E-state index in [1.807, 2.05) is 0 Å². The van der Waals surface area contributed by atoms with E-state index in [9.17, 15) is 18.0 Å². The Labute approximate surface area is 186 Å². The number of hydrogen-bond donors (Lipinski definition) is 1. The molecule has 2 aromatic rings. The predicted molar refractivity (Wildman–Crippen MR) is 119 cm³/mol. The maximum atomic E-state index is 13.0. The SMILES string of the molecule is CN1CCN(C(CNC(=O)c2cccc(C(F)(F)F)c2)c2ccc3c(c2)CCN3C)CC1. The van der Waals surface area contributed by atoms with E-state index in [1.54, 1.807) is 0 Å². The summed E-state index contributed by atoms with van der Waals surface area (Å²) in [6, 6.07) is 11.0. The van der Waals surface area contributed by atoms with E-state index >= 15 is 0 Å². The first-order chi connectivity index (χ1) is 15.2. The van der Waals surface area contributed by atoms with Crippen molar-refractivity contribution in [3.05, 3.63) is 64.7 Å². The number of fused-ring (bicyclic) bond motifs is 1. The molecular weight excluding hydrogens is 417 g/mol. The molecule has 0 radical (unpaired) electrons. The Morgan fingerprint density at radius 1 is 1.03 bits per heavy atom. The Bertz CT molecular complexity index is 970. The third-order valence-electron chi connectivity index (χ3n) is 6.50. The van der Waals surface area contributed by atoms with Gasteiger partial charge >= 0.3 is 6.18 Å². The van der Waals surface area contributed by atoms with Gasteiger partial charge in [0, 0.05) is 57.6 Å². The summed E-state index contributed by atoms with van der Waals surface area (Å²) >= 11 is 0. The van der Waals surface area contributed by atoms with Crippen LogP contribution in [0.2, 0.25) is 0 Å². The Balaban J connectivity index is 1.53. The van der Waals surface area contributed by atoms with E-state index in [0.717, 1.165) is 56.8 Å². The van der Waals surface area contributed by atoms with Crippen molar-refractivity contribution >= 4 is 11.6 Å². The van der Waals surface area contributed by atoms with E-state index in [0.29, 0.717) is 6.54 Å². The van der Waals surface area contributed by atoms with Crippen LogP contribution in [0.1, 0.15) is 33.1 Å². The summed E-state index contributed by atoms with van der Waals surface area (Å²) in [5, 5.41) is 2.89. The van der Waals surface area contributed by atoms with Gasteiger partial charge in [0.1, 0.15) is 0 Å². The zero-order chi connectivity index (χ0) is 22.9. The lowest BCUT2D eigenvalue weighted by Gasteiger charge is -2.38. The number of anilines is 1. The molecule has 2 heterocycles. The van der Waals surface area contributed by atoms with Gasteiger partial charge < -0.3 is 15.1 Å². The maximum Gasteiger partial charge on any atom is 0.416 e. The van der Waals surface area contributed by atoms with Crippen LogP contribution in [0.15, 0.2) is 42.5 Å². The topological polar surface area (TPSA) is 38.8 Å². The molecule has 5 nitrogen and oxygen atoms in total. The monoisotopic (exact) mass is 446 g/mol. The standard InChI is InChI=1S/C24H29F3N4O/c1-29-10-12-31(13-11-29)22(17-6-7-21-18(14-17)8-9-30(21)2)16-28-23(32)19-4-3-5-20(15-19)24(25,26)27/h3-7,14-15,22H,8-13,16H2,1-2H3,(H,28,32). The Morgan fingerprint density at radius 2 is 1.78 bits per heavy atom. The second kappa shape index (κ2) is 9.11. The van der Waals surface area contributed by atoms with E-state index in [1.165, 1.54) is 23.4 Å². The minimum Gasteiger partial charge on any atom is -0.374 e. The molecular formula is C24H29F3N4O. The van der Waals surface area contributed by atoms with Crippen LogP contribution in [0.5, 0.6) is 0 Å². The molecule has 8 heteroatoms. The predicted octanol–water partition coefficient (Wildman–Crippen LogP) is 3.42. The number of rotatable bonds is 5. The van der Waals surface area contributed by atoms with Crippen molar-refractivity contribution in [2.75, 3.05) is 58.3 Å². The minimum absolute atomic E-state index is 0.0209. The molecule has 1 N–H and O–H groups in total. The maximum absolute atomic E-state index is 13.0. The number of piperazine rings is 1. The van der Waals surface area contributed by atoms with Crippen LogP contribution in [0.3, 0.4) is 0 Å². The quantitative estimate of drug-likeness (QED) is 0.764. The van der Waals surface area contributed by atoms with Gasteiger partial charge in [0.25, 0.3) is 5.91 Å². The largest absolute Gasteiger partial charge is 0.416 e. The van der Waals surface area contributed by atoms with Crippen molar-refractivity contribution in [1.29, 1.82) is 0 Å². The Hall–Kier alpha value is -2.58. The van der Waals surface area contributed by atoms with E-state index in [2.05, 4.69) is 52.3 Å². The van der Waals surface area contributed by atoms with Gasteiger partial charge in [0.2, 0.25) is 0 Å². The number of carbonyl (C=O) groups is 1. The van der Waals surface area contributed by atoms with Crippen molar-refractivity contribution < 1.29 is 18.0 Å². The number of benzene rings is 2. The second-order valence-electron chi connectivity index (χ2n) is 8.70. The molecule has 0 bridgehead atoms. The van der Waals surface area contributed by atoms with Gasteiger partial charge in [-0.3, -0.25) is 9.69 Å². The van der Waals surface area contributed by atoms with Gasteiger partial charge in [0.05, 0.1) is 11.6 Å². The van der Waals surface area contributed by atoms with Crippen molar-refractivity contribution in [2.45, 2.75) is 18.6 Å². The number of nitrogens with one attached hydrogen (secondary N) is 1. The highest BCUT2D eigenvalue weighted by Crippen LogP contribution is 2.32. The average Bonchev–Trinajstić information content (AvgIpc) is 3.14. The highest BCUT2D eigenvalue weighted by atomic mass is 19.4. The fraction of sp³-hybridized carbons (Fsp3) is 0.458. The van der Waals surface area contributed by atoms with Crippen LogP contribution < -0.4 is 10.2 Å². The lowest BCUT2D eigenvalue weighted by Crippen LogP contribution is -2.48. The summed E-state index contributed by atoms with van der Waals surface area (Å²) in [6.45, 7) is 4.95. The second-order valence-corrected chi connectivity index (χ2v) is 8.70. The van der Waals surface area contributed by atoms with Crippen LogP contribution >= 0.6 is 0 Å². The summed E-state index contributed by atoms with van der Waals surface area (Å²) in [7, 11) is 4.17.